The fourth-order valence-electron chi connectivity index (χ4n) is 3.80. The van der Waals surface area contributed by atoms with Gasteiger partial charge >= 0.3 is 0 Å². The fraction of sp³-hybridized carbons (Fsp3) is 0.238. The molecule has 0 spiro atoms. The minimum absolute atomic E-state index is 0.118. The Balaban J connectivity index is 1.39. The third-order valence-corrected chi connectivity index (χ3v) is 7.93. The van der Waals surface area contributed by atoms with Gasteiger partial charge in [0, 0.05) is 26.2 Å². The summed E-state index contributed by atoms with van der Waals surface area (Å²) in [5.41, 5.74) is 1.91. The summed E-state index contributed by atoms with van der Waals surface area (Å²) >= 11 is 6.13. The highest BCUT2D eigenvalue weighted by Crippen LogP contribution is 2.28. The first kappa shape index (κ1) is 21.6. The van der Waals surface area contributed by atoms with Crippen LogP contribution in [0.15, 0.2) is 59.8 Å². The average Bonchev–Trinajstić information content (AvgIpc) is 3.29. The summed E-state index contributed by atoms with van der Waals surface area (Å²) in [5.74, 6) is 1.36. The molecular weight excluding hydrogens is 466 g/mol. The van der Waals surface area contributed by atoms with E-state index in [0.717, 1.165) is 11.4 Å². The quantitative estimate of drug-likeness (QED) is 0.424. The lowest BCUT2D eigenvalue weighted by Gasteiger charge is -2.34. The lowest BCUT2D eigenvalue weighted by molar-refractivity contribution is 0.384. The second-order valence-corrected chi connectivity index (χ2v) is 9.70. The standard InChI is InChI=1S/C21H20ClN7O3S/c1-32-16-8-6-15(7-9-16)29-21-19(25-26-29)20(23-14-24-21)27-10-12-28(13-11-27)33(30,31)18-5-3-2-4-17(18)22/h2-9,14H,10-13H2,1H3. The number of sulfonamides is 1. The third kappa shape index (κ3) is 3.88. The Hall–Kier alpha value is -3.28. The molecule has 5 rings (SSSR count). The first-order valence-electron chi connectivity index (χ1n) is 10.2. The van der Waals surface area contributed by atoms with Gasteiger partial charge in [0.25, 0.3) is 0 Å². The van der Waals surface area contributed by atoms with Crippen molar-refractivity contribution in [2.75, 3.05) is 38.2 Å². The molecule has 170 valence electrons. The van der Waals surface area contributed by atoms with Crippen LogP contribution in [-0.2, 0) is 10.0 Å². The number of nitrogens with zero attached hydrogens (tertiary/aromatic N) is 7. The summed E-state index contributed by atoms with van der Waals surface area (Å²) in [4.78, 5) is 10.9. The molecule has 1 saturated heterocycles. The lowest BCUT2D eigenvalue weighted by Crippen LogP contribution is -2.49. The maximum atomic E-state index is 13.0. The minimum Gasteiger partial charge on any atom is -0.497 e. The highest BCUT2D eigenvalue weighted by molar-refractivity contribution is 7.89. The first-order valence-corrected chi connectivity index (χ1v) is 12.0. The molecule has 33 heavy (non-hydrogen) atoms. The van der Waals surface area contributed by atoms with Crippen molar-refractivity contribution in [1.29, 1.82) is 0 Å². The SMILES string of the molecule is COc1ccc(-n2nnc3c(N4CCN(S(=O)(=O)c5ccccc5Cl)CC4)ncnc32)cc1. The minimum atomic E-state index is -3.68. The number of hydrogen-bond acceptors (Lipinski definition) is 8. The third-order valence-electron chi connectivity index (χ3n) is 5.53. The Labute approximate surface area is 195 Å². The summed E-state index contributed by atoms with van der Waals surface area (Å²) in [7, 11) is -2.07. The summed E-state index contributed by atoms with van der Waals surface area (Å²) in [6.45, 7) is 1.49. The van der Waals surface area contributed by atoms with Gasteiger partial charge in [0.1, 0.15) is 17.0 Å². The van der Waals surface area contributed by atoms with Gasteiger partial charge in [-0.05, 0) is 36.4 Å². The van der Waals surface area contributed by atoms with E-state index in [0.29, 0.717) is 43.2 Å². The van der Waals surface area contributed by atoms with Crippen LogP contribution >= 0.6 is 11.6 Å². The fourth-order valence-corrected chi connectivity index (χ4v) is 5.71. The first-order chi connectivity index (χ1) is 16.0. The second-order valence-electron chi connectivity index (χ2n) is 7.39. The Morgan fingerprint density at radius 3 is 2.39 bits per heavy atom. The Kier molecular flexibility index (Phi) is 5.60. The predicted molar refractivity (Wildman–Crippen MR) is 123 cm³/mol. The van der Waals surface area contributed by atoms with Crippen molar-refractivity contribution in [2.24, 2.45) is 0 Å². The Morgan fingerprint density at radius 1 is 0.970 bits per heavy atom. The van der Waals surface area contributed by atoms with Crippen LogP contribution in [-0.4, -0.2) is 71.0 Å². The van der Waals surface area contributed by atoms with E-state index in [4.69, 9.17) is 16.3 Å². The smallest absolute Gasteiger partial charge is 0.244 e. The predicted octanol–water partition coefficient (Wildman–Crippen LogP) is 2.38. The summed E-state index contributed by atoms with van der Waals surface area (Å²) in [5, 5.41) is 8.78. The van der Waals surface area contributed by atoms with Gasteiger partial charge in [-0.15, -0.1) is 5.10 Å². The molecule has 0 atom stereocenters. The number of halogens is 1. The number of benzene rings is 2. The Morgan fingerprint density at radius 2 is 1.70 bits per heavy atom. The molecule has 0 unspecified atom stereocenters. The van der Waals surface area contributed by atoms with Gasteiger partial charge in [0.05, 0.1) is 17.8 Å². The average molecular weight is 486 g/mol. The summed E-state index contributed by atoms with van der Waals surface area (Å²) < 4.78 is 34.4. The highest BCUT2D eigenvalue weighted by Gasteiger charge is 2.31. The lowest BCUT2D eigenvalue weighted by atomic mass is 10.3. The molecule has 0 saturated carbocycles. The summed E-state index contributed by atoms with van der Waals surface area (Å²) in [6.07, 6.45) is 1.47. The van der Waals surface area contributed by atoms with Gasteiger partial charge in [-0.2, -0.15) is 8.99 Å². The Bertz CT molecular complexity index is 1400. The van der Waals surface area contributed by atoms with Crippen molar-refractivity contribution in [3.63, 3.8) is 0 Å². The van der Waals surface area contributed by atoms with Crippen LogP contribution in [0.1, 0.15) is 0 Å². The van der Waals surface area contributed by atoms with Gasteiger partial charge in [-0.3, -0.25) is 0 Å². The van der Waals surface area contributed by atoms with Crippen molar-refractivity contribution in [1.82, 2.24) is 29.3 Å². The van der Waals surface area contributed by atoms with E-state index in [1.54, 1.807) is 30.0 Å². The van der Waals surface area contributed by atoms with E-state index >= 15 is 0 Å². The van der Waals surface area contributed by atoms with E-state index in [9.17, 15) is 8.42 Å². The molecule has 0 aliphatic carbocycles. The number of hydrogen-bond donors (Lipinski definition) is 0. The van der Waals surface area contributed by atoms with E-state index in [1.807, 2.05) is 29.2 Å². The number of aromatic nitrogens is 5. The molecule has 4 aromatic rings. The molecule has 0 bridgehead atoms. The maximum absolute atomic E-state index is 13.0. The van der Waals surface area contributed by atoms with E-state index < -0.39 is 10.0 Å². The number of fused-ring (bicyclic) bond motifs is 1. The zero-order valence-electron chi connectivity index (χ0n) is 17.7. The van der Waals surface area contributed by atoms with E-state index in [-0.39, 0.29) is 9.92 Å². The van der Waals surface area contributed by atoms with Crippen molar-refractivity contribution < 1.29 is 13.2 Å². The van der Waals surface area contributed by atoms with E-state index in [2.05, 4.69) is 20.3 Å². The van der Waals surface area contributed by atoms with Crippen molar-refractivity contribution in [2.45, 2.75) is 4.90 Å². The topological polar surface area (TPSA) is 106 Å². The van der Waals surface area contributed by atoms with Crippen LogP contribution in [0.3, 0.4) is 0 Å². The molecule has 2 aromatic heterocycles. The highest BCUT2D eigenvalue weighted by atomic mass is 35.5. The molecule has 1 aliphatic heterocycles. The number of anilines is 1. The number of rotatable bonds is 5. The number of ether oxygens (including phenoxy) is 1. The molecule has 0 amide bonds. The van der Waals surface area contributed by atoms with Gasteiger partial charge in [0.15, 0.2) is 17.0 Å². The van der Waals surface area contributed by atoms with Crippen LogP contribution < -0.4 is 9.64 Å². The maximum Gasteiger partial charge on any atom is 0.244 e. The van der Waals surface area contributed by atoms with Gasteiger partial charge in [-0.1, -0.05) is 28.9 Å². The van der Waals surface area contributed by atoms with Crippen molar-refractivity contribution in [3.8, 4) is 11.4 Å². The largest absolute Gasteiger partial charge is 0.497 e. The van der Waals surface area contributed by atoms with Gasteiger partial charge < -0.3 is 9.64 Å². The van der Waals surface area contributed by atoms with Crippen LogP contribution in [0.4, 0.5) is 5.82 Å². The number of methoxy groups -OCH3 is 1. The molecule has 3 heterocycles. The zero-order valence-corrected chi connectivity index (χ0v) is 19.2. The second kappa shape index (κ2) is 8.58. The molecule has 1 fully saturated rings. The zero-order chi connectivity index (χ0) is 23.0. The van der Waals surface area contributed by atoms with Gasteiger partial charge in [0.2, 0.25) is 10.0 Å². The van der Waals surface area contributed by atoms with E-state index in [1.165, 1.54) is 16.7 Å². The molecule has 0 radical (unpaired) electrons. The molecule has 10 nitrogen and oxygen atoms in total. The molecule has 2 aromatic carbocycles. The summed E-state index contributed by atoms with van der Waals surface area (Å²) in [6, 6.07) is 13.9. The monoisotopic (exact) mass is 485 g/mol. The number of piperazine rings is 1. The van der Waals surface area contributed by atoms with Crippen molar-refractivity contribution in [3.05, 3.63) is 59.9 Å². The van der Waals surface area contributed by atoms with Gasteiger partial charge in [-0.25, -0.2) is 18.4 Å². The normalized spacial score (nSPS) is 15.2. The molecule has 12 heteroatoms. The molecule has 0 N–H and O–H groups in total. The van der Waals surface area contributed by atoms with Crippen LogP contribution in [0.5, 0.6) is 5.75 Å². The van der Waals surface area contributed by atoms with Crippen LogP contribution in [0, 0.1) is 0 Å². The van der Waals surface area contributed by atoms with Crippen LogP contribution in [0.25, 0.3) is 16.9 Å². The van der Waals surface area contributed by atoms with Crippen molar-refractivity contribution >= 4 is 38.6 Å². The molecule has 1 aliphatic rings. The molecular formula is C21H20ClN7O3S. The van der Waals surface area contributed by atoms with Crippen LogP contribution in [0.2, 0.25) is 5.02 Å².